The van der Waals surface area contributed by atoms with Crippen LogP contribution in [0.4, 0.5) is 5.69 Å². The highest BCUT2D eigenvalue weighted by Crippen LogP contribution is 2.58. The molecule has 0 aromatic heterocycles. The molecule has 2 N–H and O–H groups in total. The Bertz CT molecular complexity index is 967. The van der Waals surface area contributed by atoms with Gasteiger partial charge in [-0.3, -0.25) is 9.59 Å². The Morgan fingerprint density at radius 2 is 1.97 bits per heavy atom. The quantitative estimate of drug-likeness (QED) is 0.403. The van der Waals surface area contributed by atoms with E-state index in [9.17, 15) is 14.7 Å². The zero-order chi connectivity index (χ0) is 24.6. The summed E-state index contributed by atoms with van der Waals surface area (Å²) in [4.78, 5) is 30.8. The average Bonchev–Trinajstić information content (AvgIpc) is 3.50. The molecule has 34 heavy (non-hydrogen) atoms. The van der Waals surface area contributed by atoms with Crippen LogP contribution in [0.2, 0.25) is 5.02 Å². The predicted octanol–water partition coefficient (Wildman–Crippen LogP) is 6.31. The second-order valence-corrected chi connectivity index (χ2v) is 11.7. The molecule has 0 bridgehead atoms. The van der Waals surface area contributed by atoms with Crippen LogP contribution in [0.3, 0.4) is 0 Å². The number of carboxylic acid groups (broad SMARTS) is 1. The number of aliphatic carboxylic acids is 1. The summed E-state index contributed by atoms with van der Waals surface area (Å²) in [7, 11) is 0. The van der Waals surface area contributed by atoms with Gasteiger partial charge in [-0.05, 0) is 80.4 Å². The van der Waals surface area contributed by atoms with Crippen molar-refractivity contribution in [2.24, 2.45) is 40.2 Å². The molecule has 1 aromatic rings. The Morgan fingerprint density at radius 1 is 1.26 bits per heavy atom. The van der Waals surface area contributed by atoms with E-state index in [1.165, 1.54) is 6.42 Å². The molecule has 1 aromatic carbocycles. The lowest BCUT2D eigenvalue weighted by Crippen LogP contribution is -2.49. The van der Waals surface area contributed by atoms with E-state index < -0.39 is 11.9 Å². The minimum Gasteiger partial charge on any atom is -0.481 e. The highest BCUT2D eigenvalue weighted by atomic mass is 35.5. The second kappa shape index (κ2) is 9.88. The van der Waals surface area contributed by atoms with Crippen molar-refractivity contribution in [3.05, 3.63) is 28.8 Å². The molecule has 1 aliphatic heterocycles. The molecule has 0 radical (unpaired) electrons. The maximum atomic E-state index is 13.0. The van der Waals surface area contributed by atoms with Crippen LogP contribution < -0.4 is 5.32 Å². The molecule has 1 heterocycles. The number of nitrogens with zero attached hydrogens (tertiary/aromatic N) is 1. The SMILES string of the molecule is Cc1ccc(NC(=O)C[C@H](CC(=O)O)C2=NOC([C@H]3C[C@@H](CC(C)C)C3)C2(C)C2CC2)c(Cl)c1. The van der Waals surface area contributed by atoms with E-state index in [-0.39, 0.29) is 30.3 Å². The van der Waals surface area contributed by atoms with Crippen molar-refractivity contribution in [1.82, 2.24) is 0 Å². The van der Waals surface area contributed by atoms with Crippen molar-refractivity contribution >= 4 is 34.9 Å². The number of oxime groups is 1. The van der Waals surface area contributed by atoms with Gasteiger partial charge in [0.25, 0.3) is 0 Å². The Kier molecular flexibility index (Phi) is 7.28. The number of halogens is 1. The molecule has 7 heteroatoms. The number of aryl methyl sites for hydroxylation is 1. The largest absolute Gasteiger partial charge is 0.481 e. The van der Waals surface area contributed by atoms with Gasteiger partial charge in [0, 0.05) is 12.3 Å². The predicted molar refractivity (Wildman–Crippen MR) is 134 cm³/mol. The molecule has 1 amide bonds. The number of carboxylic acids is 1. The molecule has 186 valence electrons. The maximum Gasteiger partial charge on any atom is 0.304 e. The fourth-order valence-corrected chi connectivity index (χ4v) is 6.48. The number of nitrogens with one attached hydrogen (secondary N) is 1. The molecule has 2 fully saturated rings. The standard InChI is InChI=1S/C27H37ClN2O4/c1-15(2)9-17-11-19(12-17)26-27(4,20-6-7-20)25(30-34-26)18(14-24(32)33)13-23(31)29-22-8-5-16(3)10-21(22)28/h5,8,10,15,17-20,26H,6-7,9,11-14H2,1-4H3,(H,29,31)(H,32,33)/t17-,18-,19+,26?,27?/m1/s1. The number of hydrogen-bond donors (Lipinski definition) is 2. The lowest BCUT2D eigenvalue weighted by Gasteiger charge is -2.44. The number of anilines is 1. The maximum absolute atomic E-state index is 13.0. The van der Waals surface area contributed by atoms with Gasteiger partial charge < -0.3 is 15.3 Å². The summed E-state index contributed by atoms with van der Waals surface area (Å²) >= 11 is 6.28. The lowest BCUT2D eigenvalue weighted by atomic mass is 9.60. The molecular formula is C27H37ClN2O4. The second-order valence-electron chi connectivity index (χ2n) is 11.3. The first-order valence-electron chi connectivity index (χ1n) is 12.6. The van der Waals surface area contributed by atoms with Crippen LogP contribution in [-0.2, 0) is 14.4 Å². The van der Waals surface area contributed by atoms with Crippen molar-refractivity contribution in [2.45, 2.75) is 78.7 Å². The van der Waals surface area contributed by atoms with Gasteiger partial charge in [-0.2, -0.15) is 0 Å². The van der Waals surface area contributed by atoms with Gasteiger partial charge >= 0.3 is 5.97 Å². The van der Waals surface area contributed by atoms with Crippen LogP contribution in [0.15, 0.2) is 23.4 Å². The van der Waals surface area contributed by atoms with Crippen LogP contribution in [0.5, 0.6) is 0 Å². The Labute approximate surface area is 207 Å². The number of benzene rings is 1. The third kappa shape index (κ3) is 5.27. The van der Waals surface area contributed by atoms with Gasteiger partial charge in [0.2, 0.25) is 5.91 Å². The molecule has 3 atom stereocenters. The minimum absolute atomic E-state index is 0.0238. The van der Waals surface area contributed by atoms with E-state index in [1.807, 2.05) is 13.0 Å². The van der Waals surface area contributed by atoms with E-state index in [0.29, 0.717) is 28.5 Å². The number of hydrogen-bond acceptors (Lipinski definition) is 4. The van der Waals surface area contributed by atoms with E-state index in [0.717, 1.165) is 42.9 Å². The number of carbonyl (C=O) groups is 2. The molecule has 2 unspecified atom stereocenters. The summed E-state index contributed by atoms with van der Waals surface area (Å²) in [6, 6.07) is 5.44. The summed E-state index contributed by atoms with van der Waals surface area (Å²) in [6.07, 6.45) is 5.59. The summed E-state index contributed by atoms with van der Waals surface area (Å²) in [5.41, 5.74) is 1.99. The number of rotatable bonds is 10. The van der Waals surface area contributed by atoms with Gasteiger partial charge in [0.15, 0.2) is 0 Å². The van der Waals surface area contributed by atoms with E-state index >= 15 is 0 Å². The van der Waals surface area contributed by atoms with Crippen molar-refractivity contribution in [2.75, 3.05) is 5.32 Å². The number of amides is 1. The van der Waals surface area contributed by atoms with Crippen LogP contribution in [-0.4, -0.2) is 28.8 Å². The summed E-state index contributed by atoms with van der Waals surface area (Å²) in [5.74, 6) is 0.607. The monoisotopic (exact) mass is 488 g/mol. The van der Waals surface area contributed by atoms with Crippen molar-refractivity contribution in [3.8, 4) is 0 Å². The van der Waals surface area contributed by atoms with Gasteiger partial charge in [-0.15, -0.1) is 0 Å². The molecule has 4 rings (SSSR count). The lowest BCUT2D eigenvalue weighted by molar-refractivity contribution is -0.137. The Balaban J connectivity index is 1.49. The molecule has 2 aliphatic carbocycles. The summed E-state index contributed by atoms with van der Waals surface area (Å²) in [6.45, 7) is 8.65. The fraction of sp³-hybridized carbons (Fsp3) is 0.667. The zero-order valence-electron chi connectivity index (χ0n) is 20.6. The summed E-state index contributed by atoms with van der Waals surface area (Å²) in [5, 5.41) is 17.5. The molecule has 6 nitrogen and oxygen atoms in total. The van der Waals surface area contributed by atoms with E-state index in [1.54, 1.807) is 12.1 Å². The smallest absolute Gasteiger partial charge is 0.304 e. The van der Waals surface area contributed by atoms with Crippen LogP contribution in [0.1, 0.15) is 71.3 Å². The van der Waals surface area contributed by atoms with Crippen molar-refractivity contribution < 1.29 is 19.5 Å². The first kappa shape index (κ1) is 25.0. The van der Waals surface area contributed by atoms with Gasteiger partial charge in [0.1, 0.15) is 6.10 Å². The van der Waals surface area contributed by atoms with Gasteiger partial charge in [-0.25, -0.2) is 0 Å². The van der Waals surface area contributed by atoms with Gasteiger partial charge in [-0.1, -0.05) is 43.6 Å². The average molecular weight is 489 g/mol. The summed E-state index contributed by atoms with van der Waals surface area (Å²) < 4.78 is 0. The fourth-order valence-electron chi connectivity index (χ4n) is 6.20. The third-order valence-electron chi connectivity index (χ3n) is 7.98. The zero-order valence-corrected chi connectivity index (χ0v) is 21.4. The number of carbonyl (C=O) groups excluding carboxylic acids is 1. The topological polar surface area (TPSA) is 88.0 Å². The molecular weight excluding hydrogens is 452 g/mol. The van der Waals surface area contributed by atoms with Gasteiger partial charge in [0.05, 0.1) is 28.3 Å². The van der Waals surface area contributed by atoms with E-state index in [2.05, 4.69) is 31.2 Å². The molecule has 2 saturated carbocycles. The first-order chi connectivity index (χ1) is 16.1. The highest BCUT2D eigenvalue weighted by Gasteiger charge is 2.60. The van der Waals surface area contributed by atoms with Crippen molar-refractivity contribution in [1.29, 1.82) is 0 Å². The normalized spacial score (nSPS) is 29.2. The first-order valence-corrected chi connectivity index (χ1v) is 13.0. The van der Waals surface area contributed by atoms with Crippen LogP contribution in [0.25, 0.3) is 0 Å². The molecule has 0 saturated heterocycles. The van der Waals surface area contributed by atoms with Crippen molar-refractivity contribution in [3.63, 3.8) is 0 Å². The Morgan fingerprint density at radius 3 is 2.56 bits per heavy atom. The van der Waals surface area contributed by atoms with E-state index in [4.69, 9.17) is 16.4 Å². The highest BCUT2D eigenvalue weighted by molar-refractivity contribution is 6.33. The van der Waals surface area contributed by atoms with Crippen LogP contribution >= 0.6 is 11.6 Å². The Hall–Kier alpha value is -2.08. The minimum atomic E-state index is -0.934. The molecule has 0 spiro atoms. The third-order valence-corrected chi connectivity index (χ3v) is 8.29. The molecule has 3 aliphatic rings. The van der Waals surface area contributed by atoms with Crippen LogP contribution in [0, 0.1) is 41.9 Å².